The lowest BCUT2D eigenvalue weighted by Crippen LogP contribution is -2.56. The van der Waals surface area contributed by atoms with Gasteiger partial charge in [0.25, 0.3) is 6.10 Å². The molecule has 0 bridgehead atoms. The Morgan fingerprint density at radius 1 is 0.857 bits per heavy atom. The van der Waals surface area contributed by atoms with Crippen LogP contribution in [0.25, 0.3) is 0 Å². The molecule has 0 amide bonds. The lowest BCUT2D eigenvalue weighted by Gasteiger charge is -2.35. The van der Waals surface area contributed by atoms with Crippen LogP contribution in [0.3, 0.4) is 0 Å². The third-order valence-corrected chi connectivity index (χ3v) is 2.51. The predicted octanol–water partition coefficient (Wildman–Crippen LogP) is 2.72. The highest BCUT2D eigenvalue weighted by Gasteiger charge is 2.63. The quantitative estimate of drug-likeness (QED) is 0.583. The van der Waals surface area contributed by atoms with E-state index >= 15 is 0 Å². The molecular formula is C9H10F9NO2. The summed E-state index contributed by atoms with van der Waals surface area (Å²) in [6, 6.07) is 0. The maximum atomic E-state index is 13.5. The van der Waals surface area contributed by atoms with Crippen LogP contribution in [0.5, 0.6) is 0 Å². The Labute approximate surface area is 112 Å². The minimum absolute atomic E-state index is 0.182. The second kappa shape index (κ2) is 6.16. The Morgan fingerprint density at radius 3 is 1.67 bits per heavy atom. The van der Waals surface area contributed by atoms with Gasteiger partial charge in [-0.25, -0.2) is 4.39 Å². The zero-order valence-corrected chi connectivity index (χ0v) is 10.1. The molecule has 1 unspecified atom stereocenters. The van der Waals surface area contributed by atoms with E-state index in [2.05, 4.69) is 4.74 Å². The molecule has 0 saturated carbocycles. The molecule has 1 atom stereocenters. The molecule has 126 valence electrons. The fraction of sp³-hybridized carbons (Fsp3) is 1.00. The maximum Gasteiger partial charge on any atom is 0.423 e. The number of morpholine rings is 1. The van der Waals surface area contributed by atoms with Gasteiger partial charge in [-0.2, -0.15) is 35.1 Å². The van der Waals surface area contributed by atoms with Crippen LogP contribution < -0.4 is 0 Å². The summed E-state index contributed by atoms with van der Waals surface area (Å²) in [4.78, 5) is 0.341. The van der Waals surface area contributed by atoms with Gasteiger partial charge in [-0.1, -0.05) is 0 Å². The highest BCUT2D eigenvalue weighted by Crippen LogP contribution is 2.40. The molecule has 12 heteroatoms. The van der Waals surface area contributed by atoms with E-state index in [-0.39, 0.29) is 13.2 Å². The van der Waals surface area contributed by atoms with E-state index in [0.29, 0.717) is 4.90 Å². The van der Waals surface area contributed by atoms with Gasteiger partial charge in [0.1, 0.15) is 0 Å². The smallest absolute Gasteiger partial charge is 0.379 e. The zero-order valence-electron chi connectivity index (χ0n) is 10.1. The van der Waals surface area contributed by atoms with Crippen LogP contribution in [0, 0.1) is 0 Å². The van der Waals surface area contributed by atoms with Crippen molar-refractivity contribution in [3.05, 3.63) is 0 Å². The summed E-state index contributed by atoms with van der Waals surface area (Å²) in [5.74, 6) is 0. The highest BCUT2D eigenvalue weighted by atomic mass is 19.4. The number of ether oxygens (including phenoxy) is 2. The molecule has 0 aromatic heterocycles. The van der Waals surface area contributed by atoms with E-state index in [9.17, 15) is 39.5 Å². The SMILES string of the molecule is FC(N1CCOCC1)C(F)(F)OC(C(F)(F)F)C(F)(F)F. The first-order valence-electron chi connectivity index (χ1n) is 5.50. The minimum atomic E-state index is -6.15. The van der Waals surface area contributed by atoms with E-state index in [1.54, 1.807) is 0 Å². The number of halogens is 9. The van der Waals surface area contributed by atoms with Gasteiger partial charge in [0.2, 0.25) is 6.30 Å². The van der Waals surface area contributed by atoms with Crippen molar-refractivity contribution in [2.45, 2.75) is 30.9 Å². The summed E-state index contributed by atoms with van der Waals surface area (Å²) in [6.45, 7) is -1.19. The lowest BCUT2D eigenvalue weighted by molar-refractivity contribution is -0.408. The van der Waals surface area contributed by atoms with Gasteiger partial charge in [-0.15, -0.1) is 0 Å². The average molecular weight is 335 g/mol. The molecule has 1 heterocycles. The summed E-state index contributed by atoms with van der Waals surface area (Å²) in [5.41, 5.74) is 0. The molecule has 1 aliphatic heterocycles. The molecule has 0 radical (unpaired) electrons. The van der Waals surface area contributed by atoms with Gasteiger partial charge in [0, 0.05) is 13.1 Å². The van der Waals surface area contributed by atoms with Crippen molar-refractivity contribution in [1.29, 1.82) is 0 Å². The molecule has 0 aliphatic carbocycles. The number of alkyl halides is 9. The fourth-order valence-electron chi connectivity index (χ4n) is 1.55. The first-order valence-corrected chi connectivity index (χ1v) is 5.50. The molecule has 0 spiro atoms. The van der Waals surface area contributed by atoms with Crippen molar-refractivity contribution in [2.75, 3.05) is 26.3 Å². The first kappa shape index (κ1) is 18.3. The standard InChI is InChI=1S/C9H10F9NO2/c10-6(19-1-3-20-4-2-19)9(17,18)21-5(7(11,12)13)8(14,15)16/h5-6H,1-4H2. The van der Waals surface area contributed by atoms with Crippen molar-refractivity contribution in [3.63, 3.8) is 0 Å². The summed E-state index contributed by atoms with van der Waals surface area (Å²) in [6.07, 6.45) is -25.8. The number of hydrogen-bond donors (Lipinski definition) is 0. The Balaban J connectivity index is 2.84. The van der Waals surface area contributed by atoms with Gasteiger partial charge in [-0.05, 0) is 0 Å². The fourth-order valence-corrected chi connectivity index (χ4v) is 1.55. The molecule has 0 N–H and O–H groups in total. The van der Waals surface area contributed by atoms with Crippen LogP contribution in [0.1, 0.15) is 0 Å². The third kappa shape index (κ3) is 4.88. The van der Waals surface area contributed by atoms with Crippen molar-refractivity contribution in [2.24, 2.45) is 0 Å². The Hall–Kier alpha value is -0.750. The van der Waals surface area contributed by atoms with Gasteiger partial charge in [0.05, 0.1) is 13.2 Å². The molecule has 1 rings (SSSR count). The van der Waals surface area contributed by atoms with Crippen molar-refractivity contribution in [3.8, 4) is 0 Å². The van der Waals surface area contributed by atoms with E-state index < -0.39 is 44.0 Å². The topological polar surface area (TPSA) is 21.7 Å². The van der Waals surface area contributed by atoms with Crippen molar-refractivity contribution in [1.82, 2.24) is 4.90 Å². The van der Waals surface area contributed by atoms with Gasteiger partial charge < -0.3 is 4.74 Å². The van der Waals surface area contributed by atoms with Crippen LogP contribution in [0.2, 0.25) is 0 Å². The molecule has 21 heavy (non-hydrogen) atoms. The largest absolute Gasteiger partial charge is 0.423 e. The van der Waals surface area contributed by atoms with Crippen LogP contribution in [-0.2, 0) is 9.47 Å². The maximum absolute atomic E-state index is 13.5. The van der Waals surface area contributed by atoms with Gasteiger partial charge >= 0.3 is 18.5 Å². The summed E-state index contributed by atoms with van der Waals surface area (Å²) < 4.78 is 120. The van der Waals surface area contributed by atoms with E-state index in [1.807, 2.05) is 0 Å². The molecule has 0 aromatic carbocycles. The predicted molar refractivity (Wildman–Crippen MR) is 49.2 cm³/mol. The van der Waals surface area contributed by atoms with E-state index in [0.717, 1.165) is 0 Å². The van der Waals surface area contributed by atoms with Gasteiger partial charge in [-0.3, -0.25) is 9.64 Å². The third-order valence-electron chi connectivity index (χ3n) is 2.51. The molecule has 1 aliphatic rings. The van der Waals surface area contributed by atoms with Crippen LogP contribution >= 0.6 is 0 Å². The molecular weight excluding hydrogens is 325 g/mol. The van der Waals surface area contributed by atoms with Crippen LogP contribution in [0.15, 0.2) is 0 Å². The van der Waals surface area contributed by atoms with Crippen molar-refractivity contribution >= 4 is 0 Å². The normalized spacial score (nSPS) is 20.9. The molecule has 3 nitrogen and oxygen atoms in total. The molecule has 1 fully saturated rings. The Morgan fingerprint density at radius 2 is 1.29 bits per heavy atom. The second-order valence-electron chi connectivity index (χ2n) is 4.13. The average Bonchev–Trinajstić information content (AvgIpc) is 2.33. The van der Waals surface area contributed by atoms with Gasteiger partial charge in [0.15, 0.2) is 0 Å². The van der Waals surface area contributed by atoms with Crippen molar-refractivity contribution < 1.29 is 49.0 Å². The second-order valence-corrected chi connectivity index (χ2v) is 4.13. The number of hydrogen-bond acceptors (Lipinski definition) is 3. The molecule has 0 aromatic rings. The zero-order chi connectivity index (χ0) is 16.5. The Kier molecular flexibility index (Phi) is 5.37. The summed E-state index contributed by atoms with van der Waals surface area (Å²) >= 11 is 0. The summed E-state index contributed by atoms with van der Waals surface area (Å²) in [5, 5.41) is 0. The van der Waals surface area contributed by atoms with E-state index in [1.165, 1.54) is 0 Å². The molecule has 1 saturated heterocycles. The lowest BCUT2D eigenvalue weighted by atomic mass is 10.3. The minimum Gasteiger partial charge on any atom is -0.379 e. The number of nitrogens with zero attached hydrogens (tertiary/aromatic N) is 1. The summed E-state index contributed by atoms with van der Waals surface area (Å²) in [7, 11) is 0. The first-order chi connectivity index (χ1) is 9.36. The monoisotopic (exact) mass is 335 g/mol. The highest BCUT2D eigenvalue weighted by molar-refractivity contribution is 4.81. The van der Waals surface area contributed by atoms with Crippen LogP contribution in [-0.4, -0.2) is 62.1 Å². The Bertz CT molecular complexity index is 323. The van der Waals surface area contributed by atoms with Crippen LogP contribution in [0.4, 0.5) is 39.5 Å². The van der Waals surface area contributed by atoms with E-state index in [4.69, 9.17) is 4.74 Å². The number of rotatable bonds is 4.